The van der Waals surface area contributed by atoms with Crippen LogP contribution in [0.4, 0.5) is 22.7 Å². The van der Waals surface area contributed by atoms with Gasteiger partial charge in [-0.1, -0.05) is 24.3 Å². The van der Waals surface area contributed by atoms with Crippen molar-refractivity contribution in [2.75, 3.05) is 0 Å². The molecule has 12 nitrogen and oxygen atoms in total. The van der Waals surface area contributed by atoms with Gasteiger partial charge in [0, 0.05) is 0 Å². The Morgan fingerprint density at radius 3 is 1.13 bits per heavy atom. The zero-order chi connectivity index (χ0) is 27.4. The predicted molar refractivity (Wildman–Crippen MR) is 134 cm³/mol. The summed E-state index contributed by atoms with van der Waals surface area (Å²) in [6.45, 7) is 0. The Hall–Kier alpha value is -5.78. The van der Waals surface area contributed by atoms with Crippen molar-refractivity contribution in [3.63, 3.8) is 0 Å². The van der Waals surface area contributed by atoms with E-state index >= 15 is 0 Å². The molecule has 0 aromatic heterocycles. The molecule has 0 spiro atoms. The van der Waals surface area contributed by atoms with Crippen molar-refractivity contribution in [2.24, 2.45) is 20.5 Å². The van der Waals surface area contributed by atoms with E-state index in [-0.39, 0.29) is 11.4 Å². The molecule has 4 aromatic carbocycles. The Kier molecular flexibility index (Phi) is 6.97. The van der Waals surface area contributed by atoms with Gasteiger partial charge in [0.15, 0.2) is 11.5 Å². The Labute approximate surface area is 213 Å². The van der Waals surface area contributed by atoms with Crippen LogP contribution < -0.4 is 0 Å². The topological polar surface area (TPSA) is 205 Å². The summed E-state index contributed by atoms with van der Waals surface area (Å²) >= 11 is 0. The number of hydrogen-bond acceptors (Lipinski definition) is 10. The van der Waals surface area contributed by atoms with Crippen LogP contribution in [0, 0.1) is 0 Å². The molecule has 0 aliphatic rings. The highest BCUT2D eigenvalue weighted by Gasteiger charge is 2.19. The molecule has 0 fully saturated rings. The van der Waals surface area contributed by atoms with Gasteiger partial charge in [-0.05, 0) is 59.7 Å². The molecule has 0 saturated carbocycles. The van der Waals surface area contributed by atoms with Gasteiger partial charge >= 0.3 is 11.9 Å². The first-order valence-corrected chi connectivity index (χ1v) is 10.8. The predicted octanol–water partition coefficient (Wildman–Crippen LogP) is 6.40. The van der Waals surface area contributed by atoms with Gasteiger partial charge < -0.3 is 30.6 Å². The lowest BCUT2D eigenvalue weighted by Crippen LogP contribution is -1.97. The minimum Gasteiger partial charge on any atom is -0.507 e. The Morgan fingerprint density at radius 1 is 0.474 bits per heavy atom. The van der Waals surface area contributed by atoms with Crippen molar-refractivity contribution in [3.8, 4) is 34.1 Å². The highest BCUT2D eigenvalue weighted by Crippen LogP contribution is 2.38. The molecule has 6 N–H and O–H groups in total. The average Bonchev–Trinajstić information content (AvgIpc) is 2.88. The summed E-state index contributed by atoms with van der Waals surface area (Å²) in [5.74, 6) is -5.57. The van der Waals surface area contributed by atoms with E-state index in [1.54, 1.807) is 48.5 Å². The van der Waals surface area contributed by atoms with Crippen molar-refractivity contribution in [1.82, 2.24) is 0 Å². The van der Waals surface area contributed by atoms with Crippen molar-refractivity contribution in [3.05, 3.63) is 83.9 Å². The van der Waals surface area contributed by atoms with Crippen molar-refractivity contribution >= 4 is 34.7 Å². The molecule has 190 valence electrons. The van der Waals surface area contributed by atoms with Gasteiger partial charge in [0.1, 0.15) is 34.0 Å². The SMILES string of the molecule is O=C(O)c1c(O)ccc(N=Nc2ccc(-c3ccc(N=Nc4ccc(O)c(C(=O)O)c4O)cc3)cc2)c1O. The number of carbonyl (C=O) groups is 2. The van der Waals surface area contributed by atoms with Crippen molar-refractivity contribution in [1.29, 1.82) is 0 Å². The second-order valence-corrected chi connectivity index (χ2v) is 7.76. The lowest BCUT2D eigenvalue weighted by molar-refractivity contribution is 0.0678. The average molecular weight is 514 g/mol. The number of azo groups is 2. The molecule has 12 heteroatoms. The maximum absolute atomic E-state index is 11.2. The molecule has 0 amide bonds. The molecule has 0 saturated heterocycles. The normalized spacial score (nSPS) is 11.3. The number of hydrogen-bond donors (Lipinski definition) is 6. The number of nitrogens with zero attached hydrogens (tertiary/aromatic N) is 4. The summed E-state index contributed by atoms with van der Waals surface area (Å²) in [6, 6.07) is 18.4. The van der Waals surface area contributed by atoms with Crippen LogP contribution in [0.25, 0.3) is 11.1 Å². The van der Waals surface area contributed by atoms with Gasteiger partial charge in [-0.25, -0.2) is 9.59 Å². The molecule has 0 unspecified atom stereocenters. The second-order valence-electron chi connectivity index (χ2n) is 7.76. The molecule has 0 aliphatic carbocycles. The van der Waals surface area contributed by atoms with Gasteiger partial charge in [-0.3, -0.25) is 0 Å². The first-order valence-electron chi connectivity index (χ1n) is 10.8. The fourth-order valence-electron chi connectivity index (χ4n) is 3.39. The number of phenols is 4. The largest absolute Gasteiger partial charge is 0.507 e. The third-order valence-electron chi connectivity index (χ3n) is 5.31. The number of carboxylic acid groups (broad SMARTS) is 2. The quantitative estimate of drug-likeness (QED) is 0.152. The van der Waals surface area contributed by atoms with Crippen LogP contribution >= 0.6 is 0 Å². The summed E-state index contributed by atoms with van der Waals surface area (Å²) in [6.07, 6.45) is 0. The molecule has 0 bridgehead atoms. The van der Waals surface area contributed by atoms with E-state index in [4.69, 9.17) is 10.2 Å². The van der Waals surface area contributed by atoms with Gasteiger partial charge in [-0.15, -0.1) is 10.2 Å². The van der Waals surface area contributed by atoms with Crippen LogP contribution in [0.5, 0.6) is 23.0 Å². The fraction of sp³-hybridized carbons (Fsp3) is 0. The van der Waals surface area contributed by atoms with E-state index in [1.165, 1.54) is 12.1 Å². The van der Waals surface area contributed by atoms with E-state index in [9.17, 15) is 30.0 Å². The third-order valence-corrected chi connectivity index (χ3v) is 5.31. The van der Waals surface area contributed by atoms with E-state index in [1.807, 2.05) is 0 Å². The smallest absolute Gasteiger partial charge is 0.343 e. The minimum absolute atomic E-state index is 0.117. The van der Waals surface area contributed by atoms with E-state index in [0.29, 0.717) is 11.4 Å². The van der Waals surface area contributed by atoms with Gasteiger partial charge in [0.25, 0.3) is 0 Å². The lowest BCUT2D eigenvalue weighted by Gasteiger charge is -2.05. The third kappa shape index (κ3) is 5.23. The summed E-state index contributed by atoms with van der Waals surface area (Å²) in [4.78, 5) is 22.4. The number of benzene rings is 4. The van der Waals surface area contributed by atoms with E-state index in [2.05, 4.69) is 20.5 Å². The molecule has 0 aliphatic heterocycles. The molecule has 0 radical (unpaired) electrons. The van der Waals surface area contributed by atoms with Crippen LogP contribution in [-0.4, -0.2) is 42.6 Å². The zero-order valence-corrected chi connectivity index (χ0v) is 19.2. The van der Waals surface area contributed by atoms with Crippen LogP contribution in [0.1, 0.15) is 20.7 Å². The first-order chi connectivity index (χ1) is 18.2. The number of rotatable bonds is 7. The van der Waals surface area contributed by atoms with E-state index in [0.717, 1.165) is 23.3 Å². The number of aromatic carboxylic acids is 2. The maximum Gasteiger partial charge on any atom is 0.343 e. The van der Waals surface area contributed by atoms with Crippen LogP contribution in [0.3, 0.4) is 0 Å². The van der Waals surface area contributed by atoms with Gasteiger partial charge in [0.05, 0.1) is 11.4 Å². The molecular weight excluding hydrogens is 496 g/mol. The fourth-order valence-corrected chi connectivity index (χ4v) is 3.39. The number of aromatic hydroxyl groups is 4. The van der Waals surface area contributed by atoms with Crippen LogP contribution in [0.15, 0.2) is 93.3 Å². The highest BCUT2D eigenvalue weighted by atomic mass is 16.4. The minimum atomic E-state index is -1.50. The Bertz CT molecular complexity index is 1480. The lowest BCUT2D eigenvalue weighted by atomic mass is 10.1. The zero-order valence-electron chi connectivity index (χ0n) is 19.2. The summed E-state index contributed by atoms with van der Waals surface area (Å²) < 4.78 is 0. The molecule has 0 heterocycles. The Balaban J connectivity index is 1.48. The first kappa shape index (κ1) is 25.3. The molecule has 4 rings (SSSR count). The standard InChI is InChI=1S/C26H18N4O8/c31-19-11-9-17(23(33)21(19)25(35)36)29-27-15-5-1-13(2-6-15)14-3-7-16(8-4-14)28-30-18-10-12-20(32)22(24(18)34)26(37)38/h1-12,31-34H,(H,35,36)(H,37,38). The van der Waals surface area contributed by atoms with Crippen molar-refractivity contribution < 1.29 is 40.2 Å². The van der Waals surface area contributed by atoms with Gasteiger partial charge in [0.2, 0.25) is 0 Å². The Morgan fingerprint density at radius 2 is 0.816 bits per heavy atom. The molecule has 4 aromatic rings. The summed E-state index contributed by atoms with van der Waals surface area (Å²) in [5, 5.41) is 73.2. The monoisotopic (exact) mass is 514 g/mol. The van der Waals surface area contributed by atoms with Crippen molar-refractivity contribution in [2.45, 2.75) is 0 Å². The second kappa shape index (κ2) is 10.5. The molecular formula is C26H18N4O8. The van der Waals surface area contributed by atoms with Crippen LogP contribution in [-0.2, 0) is 0 Å². The van der Waals surface area contributed by atoms with E-state index < -0.39 is 46.1 Å². The molecule has 0 atom stereocenters. The van der Waals surface area contributed by atoms with Crippen LogP contribution in [0.2, 0.25) is 0 Å². The van der Waals surface area contributed by atoms with Gasteiger partial charge in [-0.2, -0.15) is 10.2 Å². The number of carboxylic acids is 2. The highest BCUT2D eigenvalue weighted by molar-refractivity contribution is 5.96. The summed E-state index contributed by atoms with van der Waals surface area (Å²) in [7, 11) is 0. The maximum atomic E-state index is 11.2. The molecule has 38 heavy (non-hydrogen) atoms. The summed E-state index contributed by atoms with van der Waals surface area (Å²) in [5.41, 5.74) is 0.957.